The Labute approximate surface area is 96.8 Å². The van der Waals surface area contributed by atoms with Gasteiger partial charge in [0.05, 0.1) is 20.3 Å². The highest BCUT2D eigenvalue weighted by molar-refractivity contribution is 5.26. The van der Waals surface area contributed by atoms with E-state index in [4.69, 9.17) is 9.47 Å². The van der Waals surface area contributed by atoms with Crippen LogP contribution in [0.15, 0.2) is 24.3 Å². The van der Waals surface area contributed by atoms with E-state index in [0.29, 0.717) is 5.41 Å². The minimum atomic E-state index is 0.340. The Morgan fingerprint density at radius 3 is 2.50 bits per heavy atom. The van der Waals surface area contributed by atoms with Crippen LogP contribution in [0.3, 0.4) is 0 Å². The zero-order valence-corrected chi connectivity index (χ0v) is 9.95. The van der Waals surface area contributed by atoms with E-state index >= 15 is 0 Å². The summed E-state index contributed by atoms with van der Waals surface area (Å²) >= 11 is 0. The van der Waals surface area contributed by atoms with E-state index in [2.05, 4.69) is 24.4 Å². The highest BCUT2D eigenvalue weighted by atomic mass is 16.5. The zero-order chi connectivity index (χ0) is 11.4. The fourth-order valence-electron chi connectivity index (χ4n) is 1.80. The Morgan fingerprint density at radius 2 is 2.00 bits per heavy atom. The van der Waals surface area contributed by atoms with Gasteiger partial charge in [-0.2, -0.15) is 0 Å². The second-order valence-corrected chi connectivity index (χ2v) is 4.76. The third-order valence-electron chi connectivity index (χ3n) is 2.94. The number of ether oxygens (including phenoxy) is 2. The molecule has 0 atom stereocenters. The van der Waals surface area contributed by atoms with Crippen LogP contribution in [0.5, 0.6) is 5.75 Å². The molecule has 2 rings (SSSR count). The number of methoxy groups -OCH3 is 1. The molecule has 0 amide bonds. The van der Waals surface area contributed by atoms with Crippen molar-refractivity contribution in [1.29, 1.82) is 0 Å². The summed E-state index contributed by atoms with van der Waals surface area (Å²) in [5.74, 6) is 0.906. The Kier molecular flexibility index (Phi) is 3.46. The first-order chi connectivity index (χ1) is 7.72. The van der Waals surface area contributed by atoms with Gasteiger partial charge in [-0.1, -0.05) is 19.1 Å². The summed E-state index contributed by atoms with van der Waals surface area (Å²) in [6, 6.07) is 8.16. The highest BCUT2D eigenvalue weighted by Crippen LogP contribution is 2.25. The standard InChI is InChI=1S/C13H19NO2/c1-13(9-16-10-13)8-14-7-11-3-5-12(15-2)6-4-11/h3-6,14H,7-10H2,1-2H3. The van der Waals surface area contributed by atoms with Gasteiger partial charge in [-0.15, -0.1) is 0 Å². The smallest absolute Gasteiger partial charge is 0.118 e. The SMILES string of the molecule is COc1ccc(CNCC2(C)COC2)cc1. The minimum absolute atomic E-state index is 0.340. The molecule has 1 saturated heterocycles. The lowest BCUT2D eigenvalue weighted by molar-refractivity contribution is -0.0991. The second-order valence-electron chi connectivity index (χ2n) is 4.76. The molecule has 1 aromatic rings. The second kappa shape index (κ2) is 4.85. The first kappa shape index (κ1) is 11.4. The van der Waals surface area contributed by atoms with Gasteiger partial charge in [0.1, 0.15) is 5.75 Å². The van der Waals surface area contributed by atoms with E-state index in [0.717, 1.165) is 32.1 Å². The van der Waals surface area contributed by atoms with Crippen LogP contribution in [0.25, 0.3) is 0 Å². The van der Waals surface area contributed by atoms with Crippen LogP contribution in [0, 0.1) is 5.41 Å². The van der Waals surface area contributed by atoms with E-state index in [1.165, 1.54) is 5.56 Å². The van der Waals surface area contributed by atoms with Gasteiger partial charge >= 0.3 is 0 Å². The van der Waals surface area contributed by atoms with Crippen molar-refractivity contribution in [2.24, 2.45) is 5.41 Å². The van der Waals surface area contributed by atoms with E-state index in [1.54, 1.807) is 7.11 Å². The predicted octanol–water partition coefficient (Wildman–Crippen LogP) is 1.82. The van der Waals surface area contributed by atoms with Crippen molar-refractivity contribution in [3.63, 3.8) is 0 Å². The quantitative estimate of drug-likeness (QED) is 0.822. The maximum Gasteiger partial charge on any atom is 0.118 e. The van der Waals surface area contributed by atoms with Crippen molar-refractivity contribution in [1.82, 2.24) is 5.32 Å². The summed E-state index contributed by atoms with van der Waals surface area (Å²) in [7, 11) is 1.69. The lowest BCUT2D eigenvalue weighted by Gasteiger charge is -2.38. The van der Waals surface area contributed by atoms with Crippen LogP contribution >= 0.6 is 0 Å². The van der Waals surface area contributed by atoms with Crippen LogP contribution in [-0.2, 0) is 11.3 Å². The van der Waals surface area contributed by atoms with Gasteiger partial charge in [-0.3, -0.25) is 0 Å². The summed E-state index contributed by atoms with van der Waals surface area (Å²) in [5, 5.41) is 3.46. The van der Waals surface area contributed by atoms with Crippen LogP contribution in [-0.4, -0.2) is 26.9 Å². The Bertz CT molecular complexity index is 330. The molecule has 0 aromatic heterocycles. The lowest BCUT2D eigenvalue weighted by atomic mass is 9.89. The first-order valence-electron chi connectivity index (χ1n) is 5.63. The van der Waals surface area contributed by atoms with Crippen molar-refractivity contribution in [3.8, 4) is 5.75 Å². The average Bonchev–Trinajstić information content (AvgIpc) is 2.28. The molecule has 1 aliphatic heterocycles. The van der Waals surface area contributed by atoms with Crippen LogP contribution in [0.4, 0.5) is 0 Å². The van der Waals surface area contributed by atoms with Crippen molar-refractivity contribution in [3.05, 3.63) is 29.8 Å². The molecule has 3 heteroatoms. The Hall–Kier alpha value is -1.06. The maximum atomic E-state index is 5.21. The number of nitrogens with one attached hydrogen (secondary N) is 1. The van der Waals surface area contributed by atoms with Gasteiger partial charge in [0.25, 0.3) is 0 Å². The molecule has 0 spiro atoms. The van der Waals surface area contributed by atoms with Crippen molar-refractivity contribution >= 4 is 0 Å². The topological polar surface area (TPSA) is 30.5 Å². The molecule has 1 heterocycles. The van der Waals surface area contributed by atoms with Crippen molar-refractivity contribution in [2.75, 3.05) is 26.9 Å². The monoisotopic (exact) mass is 221 g/mol. The maximum absolute atomic E-state index is 5.21. The molecule has 0 radical (unpaired) electrons. The molecular weight excluding hydrogens is 202 g/mol. The number of rotatable bonds is 5. The summed E-state index contributed by atoms with van der Waals surface area (Å²) < 4.78 is 10.3. The third kappa shape index (κ3) is 2.74. The van der Waals surface area contributed by atoms with E-state index in [9.17, 15) is 0 Å². The molecule has 1 aromatic carbocycles. The fraction of sp³-hybridized carbons (Fsp3) is 0.538. The first-order valence-corrected chi connectivity index (χ1v) is 5.63. The molecule has 0 unspecified atom stereocenters. The van der Waals surface area contributed by atoms with E-state index in [1.807, 2.05) is 12.1 Å². The molecule has 3 nitrogen and oxygen atoms in total. The van der Waals surface area contributed by atoms with Crippen LogP contribution in [0.1, 0.15) is 12.5 Å². The summed E-state index contributed by atoms with van der Waals surface area (Å²) in [5.41, 5.74) is 1.62. The summed E-state index contributed by atoms with van der Waals surface area (Å²) in [6.07, 6.45) is 0. The predicted molar refractivity (Wildman–Crippen MR) is 63.6 cm³/mol. The molecule has 1 fully saturated rings. The van der Waals surface area contributed by atoms with Gasteiger partial charge in [0.2, 0.25) is 0 Å². The summed E-state index contributed by atoms with van der Waals surface area (Å²) in [4.78, 5) is 0. The van der Waals surface area contributed by atoms with Gasteiger partial charge in [0, 0.05) is 18.5 Å². The van der Waals surface area contributed by atoms with Gasteiger partial charge < -0.3 is 14.8 Å². The third-order valence-corrected chi connectivity index (χ3v) is 2.94. The largest absolute Gasteiger partial charge is 0.497 e. The molecule has 88 valence electrons. The number of hydrogen-bond acceptors (Lipinski definition) is 3. The fourth-order valence-corrected chi connectivity index (χ4v) is 1.80. The highest BCUT2D eigenvalue weighted by Gasteiger charge is 2.32. The lowest BCUT2D eigenvalue weighted by Crippen LogP contribution is -2.47. The summed E-state index contributed by atoms with van der Waals surface area (Å²) in [6.45, 7) is 5.92. The Balaban J connectivity index is 1.76. The molecule has 16 heavy (non-hydrogen) atoms. The molecule has 1 N–H and O–H groups in total. The van der Waals surface area contributed by atoms with E-state index in [-0.39, 0.29) is 0 Å². The van der Waals surface area contributed by atoms with Crippen molar-refractivity contribution < 1.29 is 9.47 Å². The number of hydrogen-bond donors (Lipinski definition) is 1. The van der Waals surface area contributed by atoms with Crippen LogP contribution < -0.4 is 10.1 Å². The molecule has 0 bridgehead atoms. The van der Waals surface area contributed by atoms with Crippen LogP contribution in [0.2, 0.25) is 0 Å². The molecular formula is C13H19NO2. The molecule has 0 aliphatic carbocycles. The number of benzene rings is 1. The van der Waals surface area contributed by atoms with E-state index < -0.39 is 0 Å². The normalized spacial score (nSPS) is 17.9. The molecule has 1 aliphatic rings. The zero-order valence-electron chi connectivity index (χ0n) is 9.95. The molecule has 0 saturated carbocycles. The van der Waals surface area contributed by atoms with Gasteiger partial charge in [-0.25, -0.2) is 0 Å². The van der Waals surface area contributed by atoms with Gasteiger partial charge in [-0.05, 0) is 17.7 Å². The Morgan fingerprint density at radius 1 is 1.31 bits per heavy atom. The van der Waals surface area contributed by atoms with Crippen molar-refractivity contribution in [2.45, 2.75) is 13.5 Å². The minimum Gasteiger partial charge on any atom is -0.497 e. The average molecular weight is 221 g/mol. The van der Waals surface area contributed by atoms with Gasteiger partial charge in [0.15, 0.2) is 0 Å².